The van der Waals surface area contributed by atoms with Crippen molar-refractivity contribution in [3.63, 3.8) is 0 Å². The van der Waals surface area contributed by atoms with E-state index in [1.54, 1.807) is 0 Å². The molecule has 16 heteroatoms. The summed E-state index contributed by atoms with van der Waals surface area (Å²) < 4.78 is 162. The van der Waals surface area contributed by atoms with Crippen molar-refractivity contribution in [2.75, 3.05) is 0 Å². The Kier molecular flexibility index (Phi) is 6.30. The summed E-state index contributed by atoms with van der Waals surface area (Å²) in [4.78, 5) is 0. The van der Waals surface area contributed by atoms with Gasteiger partial charge in [0.05, 0.1) is 0 Å². The van der Waals surface area contributed by atoms with Crippen molar-refractivity contribution in [3.8, 4) is 0 Å². The standard InChI is InChI=1S/C5HF11O3S.Na/c6-1(7,2(8,9)4(12,13)14)3(10,11)5(15,16)20(17,18)19;/h(H,17,18,19);/q;+1/p-1/i1+1,3+1,5+1;. The second-order valence-electron chi connectivity index (χ2n) is 3.19. The van der Waals surface area contributed by atoms with Crippen molar-refractivity contribution in [1.29, 1.82) is 0 Å². The van der Waals surface area contributed by atoms with E-state index in [2.05, 4.69) is 0 Å². The van der Waals surface area contributed by atoms with E-state index in [1.165, 1.54) is 0 Å². The average molecular weight is 375 g/mol. The molecule has 0 spiro atoms. The quantitative estimate of drug-likeness (QED) is 0.291. The first kappa shape index (κ1) is 23.4. The van der Waals surface area contributed by atoms with E-state index in [0.717, 1.165) is 0 Å². The van der Waals surface area contributed by atoms with Crippen molar-refractivity contribution in [2.24, 2.45) is 0 Å². The van der Waals surface area contributed by atoms with Gasteiger partial charge >= 0.3 is 58.8 Å². The molecule has 0 atom stereocenters. The molecular formula is C5F11NaO3S. The van der Waals surface area contributed by atoms with E-state index in [-0.39, 0.29) is 29.6 Å². The Morgan fingerprint density at radius 3 is 1.10 bits per heavy atom. The molecule has 0 N–H and O–H groups in total. The minimum atomic E-state index is -7.90. The minimum absolute atomic E-state index is 0. The molecule has 0 amide bonds. The average Bonchev–Trinajstić information content (AvgIpc) is 2.12. The van der Waals surface area contributed by atoms with E-state index in [1.807, 2.05) is 0 Å². The molecule has 0 unspecified atom stereocenters. The smallest absolute Gasteiger partial charge is 0.743 e. The Balaban J connectivity index is 0. The van der Waals surface area contributed by atoms with Crippen molar-refractivity contribution in [3.05, 3.63) is 0 Å². The fourth-order valence-corrected chi connectivity index (χ4v) is 1.16. The molecule has 0 aliphatic rings. The number of hydrogen-bond acceptors (Lipinski definition) is 3. The van der Waals surface area contributed by atoms with E-state index < -0.39 is 39.3 Å². The molecule has 0 radical (unpaired) electrons. The van der Waals surface area contributed by atoms with Crippen molar-refractivity contribution < 1.29 is 90.8 Å². The zero-order valence-corrected chi connectivity index (χ0v) is 12.1. The summed E-state index contributed by atoms with van der Waals surface area (Å²) in [5, 5.41) is -7.40. The SMILES string of the molecule is O=S(=O)([O-])[13C](F)(F)[13C](F)(F)[13C](F)(F)C(F)(F)C(F)(F)F.[Na+]. The van der Waals surface area contributed by atoms with Gasteiger partial charge in [-0.2, -0.15) is 48.3 Å². The summed E-state index contributed by atoms with van der Waals surface area (Å²) in [6.45, 7) is 0. The first-order chi connectivity index (χ1) is 8.25. The van der Waals surface area contributed by atoms with Crippen LogP contribution in [-0.2, 0) is 10.1 Å². The number of hydrogen-bond donors (Lipinski definition) is 0. The van der Waals surface area contributed by atoms with Gasteiger partial charge in [0, 0.05) is 0 Å². The van der Waals surface area contributed by atoms with Crippen LogP contribution in [0.25, 0.3) is 0 Å². The molecule has 0 aromatic heterocycles. The van der Waals surface area contributed by atoms with Gasteiger partial charge < -0.3 is 4.55 Å². The van der Waals surface area contributed by atoms with Gasteiger partial charge in [0.25, 0.3) is 0 Å². The maximum atomic E-state index is 12.4. The molecule has 0 bridgehead atoms. The van der Waals surface area contributed by atoms with E-state index >= 15 is 0 Å². The van der Waals surface area contributed by atoms with Gasteiger partial charge in [-0.1, -0.05) is 0 Å². The Bertz CT molecular complexity index is 481. The maximum Gasteiger partial charge on any atom is 1.00 e. The summed E-state index contributed by atoms with van der Waals surface area (Å²) in [5.41, 5.74) is 0. The third-order valence-corrected chi connectivity index (χ3v) is 2.71. The molecule has 0 saturated heterocycles. The van der Waals surface area contributed by atoms with Gasteiger partial charge in [0.15, 0.2) is 10.1 Å². The van der Waals surface area contributed by atoms with E-state index in [0.29, 0.717) is 0 Å². The van der Waals surface area contributed by atoms with Crippen LogP contribution in [0.1, 0.15) is 0 Å². The first-order valence-corrected chi connectivity index (χ1v) is 5.19. The van der Waals surface area contributed by atoms with Crippen LogP contribution in [0.4, 0.5) is 48.3 Å². The van der Waals surface area contributed by atoms with Crippen LogP contribution in [0.2, 0.25) is 0 Å². The Hall–Kier alpha value is 0.140. The van der Waals surface area contributed by atoms with Gasteiger partial charge in [-0.15, -0.1) is 0 Å². The summed E-state index contributed by atoms with van der Waals surface area (Å²) >= 11 is 0. The fourth-order valence-electron chi connectivity index (χ4n) is 0.715. The molecular weight excluding hydrogens is 375 g/mol. The molecule has 0 rings (SSSR count). The van der Waals surface area contributed by atoms with Crippen LogP contribution in [0, 0.1) is 0 Å². The zero-order chi connectivity index (χ0) is 17.0. The number of halogens is 11. The molecule has 0 heterocycles. The van der Waals surface area contributed by atoms with Crippen LogP contribution in [0.3, 0.4) is 0 Å². The second kappa shape index (κ2) is 5.65. The Labute approximate surface area is 130 Å². The summed E-state index contributed by atoms with van der Waals surface area (Å²) in [6, 6.07) is 0. The maximum absolute atomic E-state index is 12.4. The minimum Gasteiger partial charge on any atom is -0.743 e. The molecule has 122 valence electrons. The van der Waals surface area contributed by atoms with Gasteiger partial charge in [0.2, 0.25) is 0 Å². The molecule has 0 aliphatic heterocycles. The predicted octanol–water partition coefficient (Wildman–Crippen LogP) is -0.403. The first-order valence-electron chi connectivity index (χ1n) is 3.78. The Morgan fingerprint density at radius 2 is 0.905 bits per heavy atom. The second-order valence-corrected chi connectivity index (χ2v) is 4.61. The largest absolute Gasteiger partial charge is 1.00 e. The van der Waals surface area contributed by atoms with Crippen molar-refractivity contribution >= 4 is 10.1 Å². The molecule has 3 nitrogen and oxygen atoms in total. The Morgan fingerprint density at radius 1 is 0.619 bits per heavy atom. The number of rotatable bonds is 4. The predicted molar refractivity (Wildman–Crippen MR) is 35.5 cm³/mol. The molecule has 0 aliphatic carbocycles. The van der Waals surface area contributed by atoms with Crippen LogP contribution < -0.4 is 29.6 Å². The van der Waals surface area contributed by atoms with E-state index in [4.69, 9.17) is 0 Å². The summed E-state index contributed by atoms with van der Waals surface area (Å²) in [6.07, 6.45) is -7.41. The normalized spacial score (nSPS) is 15.6. The topological polar surface area (TPSA) is 57.2 Å². The summed E-state index contributed by atoms with van der Waals surface area (Å²) in [7, 11) is -7.66. The van der Waals surface area contributed by atoms with Crippen LogP contribution in [-0.4, -0.2) is 42.2 Å². The molecule has 0 saturated carbocycles. The monoisotopic (exact) mass is 375 g/mol. The molecule has 0 aromatic carbocycles. The van der Waals surface area contributed by atoms with Gasteiger partial charge in [-0.25, -0.2) is 8.42 Å². The van der Waals surface area contributed by atoms with Crippen molar-refractivity contribution in [1.82, 2.24) is 0 Å². The van der Waals surface area contributed by atoms with Crippen molar-refractivity contribution in [2.45, 2.75) is 29.2 Å². The van der Waals surface area contributed by atoms with Gasteiger partial charge in [0.1, 0.15) is 0 Å². The van der Waals surface area contributed by atoms with Crippen LogP contribution in [0.5, 0.6) is 0 Å². The zero-order valence-electron chi connectivity index (χ0n) is 9.29. The molecule has 21 heavy (non-hydrogen) atoms. The third kappa shape index (κ3) is 3.25. The van der Waals surface area contributed by atoms with Gasteiger partial charge in [-0.05, 0) is 0 Å². The van der Waals surface area contributed by atoms with Crippen LogP contribution in [0.15, 0.2) is 0 Å². The molecule has 0 aromatic rings. The number of alkyl halides is 11. The molecule has 0 fully saturated rings. The third-order valence-electron chi connectivity index (χ3n) is 1.82. The fraction of sp³-hybridized carbons (Fsp3) is 1.00. The van der Waals surface area contributed by atoms with Crippen LogP contribution >= 0.6 is 0 Å². The summed E-state index contributed by atoms with van der Waals surface area (Å²) in [5.74, 6) is -23.4. The van der Waals surface area contributed by atoms with E-state index in [9.17, 15) is 61.3 Å². The van der Waals surface area contributed by atoms with Gasteiger partial charge in [-0.3, -0.25) is 0 Å².